The molecular formula is C6H12N3O2S+. The zero-order valence-corrected chi connectivity index (χ0v) is 7.82. The van der Waals surface area contributed by atoms with Crippen LogP contribution in [-0.4, -0.2) is 12.5 Å². The summed E-state index contributed by atoms with van der Waals surface area (Å²) in [5, 5.41) is 4.95. The van der Waals surface area contributed by atoms with Gasteiger partial charge in [-0.05, 0) is 17.9 Å². The van der Waals surface area contributed by atoms with Crippen LogP contribution in [0.3, 0.4) is 0 Å². The Hall–Kier alpha value is -0.880. The van der Waals surface area contributed by atoms with Gasteiger partial charge in [0.1, 0.15) is 0 Å². The molecule has 0 aromatic carbocycles. The molecule has 1 heterocycles. The highest BCUT2D eigenvalue weighted by Crippen LogP contribution is 1.93. The van der Waals surface area contributed by atoms with Crippen molar-refractivity contribution in [2.75, 3.05) is 0 Å². The predicted octanol–water partition coefficient (Wildman–Crippen LogP) is -0.592. The minimum absolute atomic E-state index is 0.0679. The zero-order chi connectivity index (χ0) is 9.35. The van der Waals surface area contributed by atoms with Gasteiger partial charge in [-0.25, -0.2) is 5.14 Å². The monoisotopic (exact) mass is 190 g/mol. The van der Waals surface area contributed by atoms with Gasteiger partial charge in [-0.1, -0.05) is 4.68 Å². The van der Waals surface area contributed by atoms with Crippen molar-refractivity contribution < 1.29 is 13.1 Å². The van der Waals surface area contributed by atoms with Gasteiger partial charge in [0.2, 0.25) is 0 Å². The van der Waals surface area contributed by atoms with Gasteiger partial charge in [-0.2, -0.15) is 8.42 Å². The Bertz CT molecular complexity index is 366. The number of hydrogen-bond acceptors (Lipinski definition) is 2. The molecule has 0 saturated carbocycles. The Morgan fingerprint density at radius 2 is 2.08 bits per heavy atom. The van der Waals surface area contributed by atoms with Crippen molar-refractivity contribution >= 4 is 10.2 Å². The summed E-state index contributed by atoms with van der Waals surface area (Å²) in [6.45, 7) is 3.75. The van der Waals surface area contributed by atoms with Crippen LogP contribution in [0.5, 0.6) is 0 Å². The van der Waals surface area contributed by atoms with Gasteiger partial charge in [-0.15, -0.1) is 0 Å². The first kappa shape index (κ1) is 9.21. The van der Waals surface area contributed by atoms with Crippen molar-refractivity contribution in [2.45, 2.75) is 19.9 Å². The summed E-state index contributed by atoms with van der Waals surface area (Å²) in [4.78, 5) is 0. The molecule has 12 heavy (non-hydrogen) atoms. The molecule has 0 unspecified atom stereocenters. The number of hydrogen-bond donors (Lipinski definition) is 1. The smallest absolute Gasteiger partial charge is 0.207 e. The van der Waals surface area contributed by atoms with E-state index in [1.807, 2.05) is 13.8 Å². The molecule has 1 aromatic rings. The Morgan fingerprint density at radius 1 is 1.50 bits per heavy atom. The standard InChI is InChI=1S/C6H12N3O2S/c1-6(2)8-4-3-5-9(8)12(7,10)11/h3-6H,1-2H3,(H2,7,10,11)/q+1. The first-order valence-electron chi connectivity index (χ1n) is 3.55. The van der Waals surface area contributed by atoms with Crippen LogP contribution in [0.1, 0.15) is 19.9 Å². The molecule has 6 heteroatoms. The van der Waals surface area contributed by atoms with Crippen molar-refractivity contribution in [2.24, 2.45) is 5.14 Å². The van der Waals surface area contributed by atoms with E-state index in [9.17, 15) is 8.42 Å². The summed E-state index contributed by atoms with van der Waals surface area (Å²) in [5.41, 5.74) is 0. The van der Waals surface area contributed by atoms with Crippen LogP contribution < -0.4 is 9.82 Å². The summed E-state index contributed by atoms with van der Waals surface area (Å²) in [5.74, 6) is 0. The summed E-state index contributed by atoms with van der Waals surface area (Å²) in [7, 11) is -3.66. The quantitative estimate of drug-likeness (QED) is 0.633. The Labute approximate surface area is 71.6 Å². The van der Waals surface area contributed by atoms with Gasteiger partial charge in [-0.3, -0.25) is 0 Å². The first-order chi connectivity index (χ1) is 5.43. The second-order valence-corrected chi connectivity index (χ2v) is 4.19. The molecule has 0 radical (unpaired) electrons. The van der Waals surface area contributed by atoms with E-state index >= 15 is 0 Å². The number of aromatic nitrogens is 2. The molecule has 0 aliphatic rings. The topological polar surface area (TPSA) is 69.0 Å². The van der Waals surface area contributed by atoms with Gasteiger partial charge in [0, 0.05) is 6.07 Å². The van der Waals surface area contributed by atoms with E-state index in [0.29, 0.717) is 0 Å². The average Bonchev–Trinajstić information content (AvgIpc) is 2.30. The van der Waals surface area contributed by atoms with Crippen LogP contribution in [-0.2, 0) is 10.2 Å². The molecule has 0 aliphatic carbocycles. The molecule has 2 N–H and O–H groups in total. The fourth-order valence-corrected chi connectivity index (χ4v) is 1.70. The fourth-order valence-electron chi connectivity index (χ4n) is 0.959. The van der Waals surface area contributed by atoms with Crippen molar-refractivity contribution in [1.29, 1.82) is 0 Å². The third kappa shape index (κ3) is 1.64. The van der Waals surface area contributed by atoms with E-state index in [4.69, 9.17) is 5.14 Å². The van der Waals surface area contributed by atoms with E-state index in [-0.39, 0.29) is 6.04 Å². The third-order valence-electron chi connectivity index (χ3n) is 1.47. The molecule has 0 fully saturated rings. The summed E-state index contributed by atoms with van der Waals surface area (Å²) >= 11 is 0. The second kappa shape index (κ2) is 2.87. The van der Waals surface area contributed by atoms with Gasteiger partial charge in [0.15, 0.2) is 12.2 Å². The molecule has 0 spiro atoms. The highest BCUT2D eigenvalue weighted by molar-refractivity contribution is 7.87. The number of nitrogens with zero attached hydrogens (tertiary/aromatic N) is 2. The summed E-state index contributed by atoms with van der Waals surface area (Å²) in [6.07, 6.45) is 3.07. The highest BCUT2D eigenvalue weighted by atomic mass is 32.2. The molecule has 1 aromatic heterocycles. The maximum absolute atomic E-state index is 10.9. The van der Waals surface area contributed by atoms with Gasteiger partial charge in [0.25, 0.3) is 0 Å². The van der Waals surface area contributed by atoms with Crippen LogP contribution in [0.25, 0.3) is 0 Å². The molecule has 68 valence electrons. The minimum atomic E-state index is -3.66. The van der Waals surface area contributed by atoms with E-state index in [1.54, 1.807) is 12.3 Å². The zero-order valence-electron chi connectivity index (χ0n) is 7.01. The SMILES string of the molecule is CC(C)[n+]1cccn1S(N)(=O)=O. The molecule has 0 atom stereocenters. The first-order valence-corrected chi connectivity index (χ1v) is 5.05. The minimum Gasteiger partial charge on any atom is -0.207 e. The third-order valence-corrected chi connectivity index (χ3v) is 2.30. The van der Waals surface area contributed by atoms with Crippen LogP contribution in [0, 0.1) is 0 Å². The Morgan fingerprint density at radius 3 is 2.42 bits per heavy atom. The molecule has 0 aliphatic heterocycles. The molecular weight excluding hydrogens is 178 g/mol. The van der Waals surface area contributed by atoms with Gasteiger partial charge < -0.3 is 0 Å². The second-order valence-electron chi connectivity index (χ2n) is 2.78. The lowest BCUT2D eigenvalue weighted by Crippen LogP contribution is -2.49. The Kier molecular flexibility index (Phi) is 2.20. The lowest BCUT2D eigenvalue weighted by molar-refractivity contribution is -0.777. The number of nitrogens with two attached hydrogens (primary N) is 1. The van der Waals surface area contributed by atoms with Crippen molar-refractivity contribution in [3.63, 3.8) is 0 Å². The van der Waals surface area contributed by atoms with E-state index in [1.165, 1.54) is 10.9 Å². The largest absolute Gasteiger partial charge is 0.348 e. The van der Waals surface area contributed by atoms with Gasteiger partial charge in [0.05, 0.1) is 6.20 Å². The summed E-state index contributed by atoms with van der Waals surface area (Å²) in [6, 6.07) is 1.70. The molecule has 1 rings (SSSR count). The fraction of sp³-hybridized carbons (Fsp3) is 0.500. The normalized spacial score (nSPS) is 12.3. The lowest BCUT2D eigenvalue weighted by atomic mass is 10.4. The van der Waals surface area contributed by atoms with Crippen LogP contribution >= 0.6 is 0 Å². The van der Waals surface area contributed by atoms with Crippen LogP contribution in [0.15, 0.2) is 18.5 Å². The van der Waals surface area contributed by atoms with Gasteiger partial charge >= 0.3 is 10.2 Å². The maximum atomic E-state index is 10.9. The number of rotatable bonds is 2. The van der Waals surface area contributed by atoms with Crippen molar-refractivity contribution in [3.8, 4) is 0 Å². The van der Waals surface area contributed by atoms with Crippen molar-refractivity contribution in [3.05, 3.63) is 18.5 Å². The van der Waals surface area contributed by atoms with Crippen LogP contribution in [0.2, 0.25) is 0 Å². The average molecular weight is 190 g/mol. The maximum Gasteiger partial charge on any atom is 0.348 e. The van der Waals surface area contributed by atoms with Crippen LogP contribution in [0.4, 0.5) is 0 Å². The van der Waals surface area contributed by atoms with E-state index in [2.05, 4.69) is 0 Å². The summed E-state index contributed by atoms with van der Waals surface area (Å²) < 4.78 is 24.4. The Balaban J connectivity index is 3.26. The van der Waals surface area contributed by atoms with E-state index < -0.39 is 10.2 Å². The van der Waals surface area contributed by atoms with E-state index in [0.717, 1.165) is 4.09 Å². The molecule has 0 bridgehead atoms. The lowest BCUT2D eigenvalue weighted by Gasteiger charge is -2.01. The highest BCUT2D eigenvalue weighted by Gasteiger charge is 2.19. The predicted molar refractivity (Wildman–Crippen MR) is 43.5 cm³/mol. The molecule has 0 saturated heterocycles. The van der Waals surface area contributed by atoms with Crippen molar-refractivity contribution in [1.82, 2.24) is 4.09 Å². The molecule has 5 nitrogen and oxygen atoms in total. The molecule has 0 amide bonds.